The number of carbonyl (C=O) groups is 4. The number of piperidine rings is 1. The number of likely N-dealkylation sites (tertiary alicyclic amines) is 2. The molecule has 17 rings (SSSR count). The summed E-state index contributed by atoms with van der Waals surface area (Å²) in [4.78, 5) is 141. The molecule has 4 amide bonds. The first-order valence-corrected chi connectivity index (χ1v) is 44.3. The van der Waals surface area contributed by atoms with Crippen LogP contribution in [-0.4, -0.2) is 181 Å². The van der Waals surface area contributed by atoms with Crippen LogP contribution in [0.4, 0.5) is 39.8 Å². The van der Waals surface area contributed by atoms with Gasteiger partial charge in [-0.15, -0.1) is 0 Å². The van der Waals surface area contributed by atoms with Gasteiger partial charge in [0.1, 0.15) is 28.4 Å². The zero-order chi connectivity index (χ0) is 89.3. The number of benzene rings is 4. The molecule has 662 valence electrons. The van der Waals surface area contributed by atoms with Gasteiger partial charge in [0, 0.05) is 199 Å². The number of hydrogen-bond acceptors (Lipinski definition) is 20. The maximum absolute atomic E-state index is 12.9. The second-order valence-electron chi connectivity index (χ2n) is 32.8. The van der Waals surface area contributed by atoms with Crippen molar-refractivity contribution in [3.63, 3.8) is 0 Å². The molecule has 5 fully saturated rings. The Labute approximate surface area is 743 Å². The fourth-order valence-electron chi connectivity index (χ4n) is 16.8. The monoisotopic (exact) mass is 1730 g/mol. The van der Waals surface area contributed by atoms with Crippen LogP contribution in [-0.2, 0) is 19.3 Å². The molecule has 5 saturated heterocycles. The van der Waals surface area contributed by atoms with Crippen LogP contribution in [0.1, 0.15) is 143 Å². The SMILES string of the molecule is CCc1cc(-c2c[nH]c(=O)c(NC(=O)c3ccc(N4CCC[C@H]4CN4CCCC4)cc3)c2)ccn1.CCc1cncc(-c2c[nH]c(=O)c(NC(=O)c3ccc(N4CCC[C@H]4CN4CCCC4)cc3)c2)c1.COc1ccc(NC(=O)c2cc(-c3ccncc3)c[nH]c2=O)cc1.O=C(Nc1cc(-c2cccc(CC(CO)CO)n2)c[nH]c1=O)c1ccc(N2CCCCC2)cc1. The van der Waals surface area contributed by atoms with Gasteiger partial charge < -0.3 is 80.7 Å². The summed E-state index contributed by atoms with van der Waals surface area (Å²) in [5.74, 6) is -1.02. The number of aliphatic hydroxyl groups excluding tert-OH is 2. The summed E-state index contributed by atoms with van der Waals surface area (Å²) in [6.45, 7) is 15.1. The number of aliphatic hydroxyl groups is 2. The molecule has 0 bridgehead atoms. The molecule has 0 saturated carbocycles. The standard InChI is InChI=1S/2C28H33N5O2.C26H30N4O4.C18H15N3O3/c1-2-23-16-21(11-12-29-23)22-17-26(28(35)30-18-22)31-27(34)20-7-9-24(10-8-20)33-15-5-6-25(33)19-32-13-3-4-14-32;1-2-20-14-22(17-29-16-20)23-15-26(28(35)30-18-23)31-27(34)21-7-9-24(10-8-21)33-13-5-6-25(33)19-32-11-3-4-12-32;31-16-18(17-32)13-21-5-4-6-23(28-21)20-14-24(26(34)27-15-20)29-25(33)19-7-9-22(10-8-19)30-11-2-1-3-12-30;1-24-15-4-2-14(3-5-15)21-18(23)16-10-13(11-20-17(16)22)12-6-8-19-9-7-12/h7-12,16-18,25H,2-6,13-15,19H2,1H3,(H,30,35)(H,31,34);7-10,14-18,25H,2-6,11-13,19H2,1H3,(H,30,35)(H,31,34);4-10,14-15,18,31-32H,1-3,11-13,16-17H2,(H,27,34)(H,29,33);2-11H,1H3,(H,20,22)(H,21,23)/t2*25-;;/m00../s1. The van der Waals surface area contributed by atoms with Crippen molar-refractivity contribution in [3.05, 3.63) is 306 Å². The van der Waals surface area contributed by atoms with Crippen molar-refractivity contribution < 1.29 is 34.1 Å². The van der Waals surface area contributed by atoms with Crippen molar-refractivity contribution in [2.75, 3.05) is 122 Å². The van der Waals surface area contributed by atoms with Gasteiger partial charge in [0.25, 0.3) is 45.9 Å². The van der Waals surface area contributed by atoms with Crippen LogP contribution < -0.4 is 62.9 Å². The molecule has 128 heavy (non-hydrogen) atoms. The van der Waals surface area contributed by atoms with Gasteiger partial charge in [-0.1, -0.05) is 19.9 Å². The Bertz CT molecular complexity index is 5790. The van der Waals surface area contributed by atoms with E-state index in [4.69, 9.17) is 4.74 Å². The molecule has 28 nitrogen and oxygen atoms in total. The maximum Gasteiger partial charge on any atom is 0.271 e. The summed E-state index contributed by atoms with van der Waals surface area (Å²) in [5, 5.41) is 29.7. The minimum Gasteiger partial charge on any atom is -0.497 e. The third-order valence-corrected chi connectivity index (χ3v) is 24.0. The molecule has 12 aromatic rings. The van der Waals surface area contributed by atoms with Gasteiger partial charge in [0.05, 0.1) is 12.8 Å². The molecule has 0 spiro atoms. The second-order valence-corrected chi connectivity index (χ2v) is 32.8. The first-order valence-electron chi connectivity index (χ1n) is 44.3. The van der Waals surface area contributed by atoms with E-state index < -0.39 is 17.0 Å². The highest BCUT2D eigenvalue weighted by atomic mass is 16.5. The van der Waals surface area contributed by atoms with Crippen molar-refractivity contribution in [3.8, 4) is 50.4 Å². The molecule has 5 aliphatic heterocycles. The van der Waals surface area contributed by atoms with Gasteiger partial charge in [0.2, 0.25) is 0 Å². The average molecular weight is 1730 g/mol. The summed E-state index contributed by atoms with van der Waals surface area (Å²) < 4.78 is 5.07. The average Bonchev–Trinajstić information content (AvgIpc) is 1.79. The Kier molecular flexibility index (Phi) is 31.4. The molecular weight excluding hydrogens is 1620 g/mol. The fourth-order valence-corrected chi connectivity index (χ4v) is 16.8. The number of nitrogens with zero attached hydrogens (tertiary/aromatic N) is 9. The number of aromatic amines is 4. The van der Waals surface area contributed by atoms with Gasteiger partial charge in [0.15, 0.2) is 0 Å². The molecule has 8 aromatic heterocycles. The van der Waals surface area contributed by atoms with Gasteiger partial charge in [-0.05, 0) is 302 Å². The van der Waals surface area contributed by atoms with E-state index in [0.29, 0.717) is 57.9 Å². The third-order valence-electron chi connectivity index (χ3n) is 24.0. The first-order chi connectivity index (χ1) is 62.4. The topological polar surface area (TPSA) is 365 Å². The third kappa shape index (κ3) is 24.0. The number of rotatable bonds is 26. The van der Waals surface area contributed by atoms with Crippen LogP contribution in [0.5, 0.6) is 5.75 Å². The van der Waals surface area contributed by atoms with E-state index in [1.165, 1.54) is 96.8 Å². The molecule has 10 N–H and O–H groups in total. The van der Waals surface area contributed by atoms with E-state index in [-0.39, 0.29) is 70.6 Å². The molecule has 28 heteroatoms. The van der Waals surface area contributed by atoms with E-state index in [1.807, 2.05) is 104 Å². The molecular formula is C100H111N17O11. The highest BCUT2D eigenvalue weighted by Crippen LogP contribution is 2.32. The number of anilines is 7. The van der Waals surface area contributed by atoms with E-state index >= 15 is 0 Å². The highest BCUT2D eigenvalue weighted by molar-refractivity contribution is 6.07. The number of carbonyl (C=O) groups excluding carboxylic acids is 4. The lowest BCUT2D eigenvalue weighted by atomic mass is 10.0. The molecule has 13 heterocycles. The first kappa shape index (κ1) is 90.4. The largest absolute Gasteiger partial charge is 0.497 e. The lowest BCUT2D eigenvalue weighted by molar-refractivity contribution is 0.101. The zero-order valence-corrected chi connectivity index (χ0v) is 72.6. The zero-order valence-electron chi connectivity index (χ0n) is 72.6. The van der Waals surface area contributed by atoms with Gasteiger partial charge in [-0.3, -0.25) is 58.3 Å². The van der Waals surface area contributed by atoms with Crippen molar-refractivity contribution in [1.29, 1.82) is 0 Å². The number of hydrogen-bond donors (Lipinski definition) is 10. The summed E-state index contributed by atoms with van der Waals surface area (Å²) >= 11 is 0. The summed E-state index contributed by atoms with van der Waals surface area (Å²) in [6.07, 6.45) is 30.9. The Morgan fingerprint density at radius 1 is 0.438 bits per heavy atom. The molecule has 0 aliphatic carbocycles. The highest BCUT2D eigenvalue weighted by Gasteiger charge is 2.31. The van der Waals surface area contributed by atoms with Crippen LogP contribution in [0.2, 0.25) is 0 Å². The lowest BCUT2D eigenvalue weighted by Gasteiger charge is -2.30. The van der Waals surface area contributed by atoms with Crippen LogP contribution in [0.25, 0.3) is 44.6 Å². The summed E-state index contributed by atoms with van der Waals surface area (Å²) in [6, 6.07) is 52.5. The lowest BCUT2D eigenvalue weighted by Crippen LogP contribution is -2.39. The number of aryl methyl sites for hydroxylation is 2. The molecule has 0 unspecified atom stereocenters. The number of amides is 4. The number of ether oxygens (including phenoxy) is 1. The normalized spacial score (nSPS) is 15.5. The van der Waals surface area contributed by atoms with Crippen molar-refractivity contribution in [2.24, 2.45) is 5.92 Å². The minimum atomic E-state index is -0.475. The predicted octanol–water partition coefficient (Wildman–Crippen LogP) is 14.2. The minimum absolute atomic E-state index is 0.0418. The molecule has 2 atom stereocenters. The number of aromatic nitrogens is 8. The van der Waals surface area contributed by atoms with Crippen molar-refractivity contribution >= 4 is 63.4 Å². The Morgan fingerprint density at radius 3 is 1.44 bits per heavy atom. The Morgan fingerprint density at radius 2 is 0.922 bits per heavy atom. The van der Waals surface area contributed by atoms with Crippen LogP contribution in [0.3, 0.4) is 0 Å². The number of H-pyrrole nitrogens is 4. The number of pyridine rings is 8. The van der Waals surface area contributed by atoms with E-state index in [0.717, 1.165) is 120 Å². The van der Waals surface area contributed by atoms with Gasteiger partial charge in [-0.25, -0.2) is 0 Å². The summed E-state index contributed by atoms with van der Waals surface area (Å²) in [5.41, 5.74) is 13.8. The number of nitrogens with one attached hydrogen (secondary N) is 8. The van der Waals surface area contributed by atoms with Crippen LogP contribution >= 0.6 is 0 Å². The summed E-state index contributed by atoms with van der Waals surface area (Å²) in [7, 11) is 1.57. The fraction of sp³-hybridized carbons (Fsp3) is 0.320. The van der Waals surface area contributed by atoms with Crippen molar-refractivity contribution in [2.45, 2.75) is 116 Å². The molecule has 5 aliphatic rings. The van der Waals surface area contributed by atoms with Crippen molar-refractivity contribution in [1.82, 2.24) is 49.7 Å². The second kappa shape index (κ2) is 44.4. The smallest absolute Gasteiger partial charge is 0.271 e. The van der Waals surface area contributed by atoms with E-state index in [9.17, 15) is 48.6 Å². The van der Waals surface area contributed by atoms with Crippen LogP contribution in [0, 0.1) is 5.92 Å². The van der Waals surface area contributed by atoms with E-state index in [1.54, 1.807) is 136 Å². The van der Waals surface area contributed by atoms with E-state index in [2.05, 4.69) is 92.6 Å². The van der Waals surface area contributed by atoms with Gasteiger partial charge >= 0.3 is 0 Å². The van der Waals surface area contributed by atoms with Gasteiger partial charge in [-0.2, -0.15) is 0 Å². The van der Waals surface area contributed by atoms with Crippen LogP contribution in [0.15, 0.2) is 245 Å². The predicted molar refractivity (Wildman–Crippen MR) is 504 cm³/mol. The number of methoxy groups -OCH3 is 1. The molecule has 0 radical (unpaired) electrons. The quantitative estimate of drug-likeness (QED) is 0.0241. The Hall–Kier alpha value is -13.8. The Balaban J connectivity index is 0.000000139. The molecule has 4 aromatic carbocycles. The maximum atomic E-state index is 12.9.